The van der Waals surface area contributed by atoms with Crippen LogP contribution in [0.4, 0.5) is 6.01 Å². The van der Waals surface area contributed by atoms with Crippen molar-refractivity contribution in [3.05, 3.63) is 12.0 Å². The zero-order chi connectivity index (χ0) is 12.4. The molecule has 2 fully saturated rings. The number of oxazole rings is 1. The van der Waals surface area contributed by atoms with Crippen LogP contribution in [-0.4, -0.2) is 49.2 Å². The van der Waals surface area contributed by atoms with Gasteiger partial charge in [-0.2, -0.15) is 4.98 Å². The summed E-state index contributed by atoms with van der Waals surface area (Å²) in [5.41, 5.74) is 1.02. The highest BCUT2D eigenvalue weighted by molar-refractivity contribution is 5.27. The van der Waals surface area contributed by atoms with Gasteiger partial charge >= 0.3 is 0 Å². The molecule has 18 heavy (non-hydrogen) atoms. The van der Waals surface area contributed by atoms with E-state index in [1.54, 1.807) is 6.26 Å². The maximum Gasteiger partial charge on any atom is 0.297 e. The Bertz CT molecular complexity index is 388. The molecule has 1 aromatic heterocycles. The first-order valence-corrected chi connectivity index (χ1v) is 6.92. The molecule has 1 aliphatic carbocycles. The highest BCUT2D eigenvalue weighted by Gasteiger charge is 2.21. The van der Waals surface area contributed by atoms with Crippen LogP contribution in [0.1, 0.15) is 25.0 Å². The van der Waals surface area contributed by atoms with Gasteiger partial charge in [-0.25, -0.2) is 0 Å². The summed E-state index contributed by atoms with van der Waals surface area (Å²) in [6.07, 6.45) is 5.58. The number of anilines is 1. The average molecular weight is 250 g/mol. The second-order valence-corrected chi connectivity index (χ2v) is 5.42. The average Bonchev–Trinajstić information content (AvgIpc) is 3.12. The number of likely N-dealkylation sites (N-methyl/N-ethyl adjacent to an activating group) is 1. The van der Waals surface area contributed by atoms with Crippen LogP contribution in [-0.2, 0) is 6.54 Å². The van der Waals surface area contributed by atoms with E-state index in [4.69, 9.17) is 4.42 Å². The Hall–Kier alpha value is -1.07. The number of hydrogen-bond acceptors (Lipinski definition) is 5. The summed E-state index contributed by atoms with van der Waals surface area (Å²) < 4.78 is 5.60. The lowest BCUT2D eigenvalue weighted by Gasteiger charge is -2.17. The Kier molecular flexibility index (Phi) is 3.52. The van der Waals surface area contributed by atoms with Crippen LogP contribution in [0.3, 0.4) is 0 Å². The second kappa shape index (κ2) is 5.28. The van der Waals surface area contributed by atoms with Crippen LogP contribution < -0.4 is 10.2 Å². The van der Waals surface area contributed by atoms with Crippen molar-refractivity contribution in [3.8, 4) is 0 Å². The summed E-state index contributed by atoms with van der Waals surface area (Å²) in [5, 5.41) is 3.46. The van der Waals surface area contributed by atoms with Crippen LogP contribution >= 0.6 is 0 Å². The van der Waals surface area contributed by atoms with Crippen molar-refractivity contribution in [1.82, 2.24) is 15.2 Å². The SMILES string of the molecule is CN1CCCN(c2nc(CNC3CC3)co2)CC1. The lowest BCUT2D eigenvalue weighted by atomic mass is 10.4. The van der Waals surface area contributed by atoms with E-state index in [0.29, 0.717) is 0 Å². The normalized spacial score (nSPS) is 22.2. The molecule has 1 saturated heterocycles. The number of aromatic nitrogens is 1. The predicted octanol–water partition coefficient (Wildman–Crippen LogP) is 1.07. The van der Waals surface area contributed by atoms with Crippen molar-refractivity contribution in [3.63, 3.8) is 0 Å². The van der Waals surface area contributed by atoms with E-state index in [2.05, 4.69) is 27.1 Å². The van der Waals surface area contributed by atoms with E-state index >= 15 is 0 Å². The maximum atomic E-state index is 5.60. The van der Waals surface area contributed by atoms with Gasteiger partial charge < -0.3 is 19.5 Å². The molecule has 1 N–H and O–H groups in total. The Labute approximate surface area is 108 Å². The topological polar surface area (TPSA) is 44.5 Å². The van der Waals surface area contributed by atoms with E-state index in [9.17, 15) is 0 Å². The minimum Gasteiger partial charge on any atom is -0.432 e. The van der Waals surface area contributed by atoms with Crippen molar-refractivity contribution >= 4 is 6.01 Å². The van der Waals surface area contributed by atoms with Gasteiger partial charge in [-0.3, -0.25) is 0 Å². The lowest BCUT2D eigenvalue weighted by Crippen LogP contribution is -2.29. The molecule has 0 spiro atoms. The van der Waals surface area contributed by atoms with E-state index in [-0.39, 0.29) is 0 Å². The number of hydrogen-bond donors (Lipinski definition) is 1. The highest BCUT2D eigenvalue weighted by atomic mass is 16.4. The second-order valence-electron chi connectivity index (χ2n) is 5.42. The number of nitrogens with zero attached hydrogens (tertiary/aromatic N) is 3. The molecule has 5 nitrogen and oxygen atoms in total. The van der Waals surface area contributed by atoms with E-state index < -0.39 is 0 Å². The molecule has 3 rings (SSSR count). The minimum atomic E-state index is 0.719. The smallest absolute Gasteiger partial charge is 0.297 e. The predicted molar refractivity (Wildman–Crippen MR) is 70.7 cm³/mol. The Morgan fingerprint density at radius 1 is 1.33 bits per heavy atom. The molecule has 1 aliphatic heterocycles. The maximum absolute atomic E-state index is 5.60. The van der Waals surface area contributed by atoms with Crippen molar-refractivity contribution < 1.29 is 4.42 Å². The summed E-state index contributed by atoms with van der Waals surface area (Å²) in [6.45, 7) is 5.13. The summed E-state index contributed by atoms with van der Waals surface area (Å²) >= 11 is 0. The number of rotatable bonds is 4. The molecule has 2 aliphatic rings. The van der Waals surface area contributed by atoms with E-state index in [1.807, 2.05) is 0 Å². The number of nitrogens with one attached hydrogen (secondary N) is 1. The monoisotopic (exact) mass is 250 g/mol. The molecular formula is C13H22N4O. The molecule has 0 aromatic carbocycles. The fourth-order valence-corrected chi connectivity index (χ4v) is 2.30. The minimum absolute atomic E-state index is 0.719. The molecule has 1 aromatic rings. The van der Waals surface area contributed by atoms with Gasteiger partial charge in [0.05, 0.1) is 5.69 Å². The third-order valence-electron chi connectivity index (χ3n) is 3.68. The fraction of sp³-hybridized carbons (Fsp3) is 0.769. The lowest BCUT2D eigenvalue weighted by molar-refractivity contribution is 0.359. The van der Waals surface area contributed by atoms with Crippen molar-refractivity contribution in [2.45, 2.75) is 31.8 Å². The van der Waals surface area contributed by atoms with Gasteiger partial charge in [0.2, 0.25) is 0 Å². The largest absolute Gasteiger partial charge is 0.432 e. The summed E-state index contributed by atoms with van der Waals surface area (Å²) in [5.74, 6) is 0. The molecule has 0 amide bonds. The standard InChI is InChI=1S/C13H22N4O/c1-16-5-2-6-17(8-7-16)13-15-12(10-18-13)9-14-11-3-4-11/h10-11,14H,2-9H2,1H3. The molecular weight excluding hydrogens is 228 g/mol. The van der Waals surface area contributed by atoms with Crippen LogP contribution in [0.25, 0.3) is 0 Å². The Morgan fingerprint density at radius 3 is 3.06 bits per heavy atom. The Morgan fingerprint density at radius 2 is 2.22 bits per heavy atom. The zero-order valence-electron chi connectivity index (χ0n) is 11.1. The van der Waals surface area contributed by atoms with Gasteiger partial charge in [0.1, 0.15) is 6.26 Å². The molecule has 1 saturated carbocycles. The van der Waals surface area contributed by atoms with Crippen molar-refractivity contribution in [2.24, 2.45) is 0 Å². The third-order valence-corrected chi connectivity index (χ3v) is 3.68. The summed E-state index contributed by atoms with van der Waals surface area (Å²) in [4.78, 5) is 9.19. The molecule has 0 bridgehead atoms. The van der Waals surface area contributed by atoms with E-state index in [1.165, 1.54) is 19.3 Å². The molecule has 0 unspecified atom stereocenters. The summed E-state index contributed by atoms with van der Waals surface area (Å²) in [6, 6.07) is 1.51. The first-order chi connectivity index (χ1) is 8.81. The van der Waals surface area contributed by atoms with Gasteiger partial charge in [0.15, 0.2) is 0 Å². The fourth-order valence-electron chi connectivity index (χ4n) is 2.30. The molecule has 100 valence electrons. The molecule has 0 radical (unpaired) electrons. The highest BCUT2D eigenvalue weighted by Crippen LogP contribution is 2.20. The summed E-state index contributed by atoms with van der Waals surface area (Å²) in [7, 11) is 2.17. The third kappa shape index (κ3) is 3.03. The van der Waals surface area contributed by atoms with Gasteiger partial charge in [0, 0.05) is 32.2 Å². The van der Waals surface area contributed by atoms with E-state index in [0.717, 1.165) is 50.5 Å². The van der Waals surface area contributed by atoms with Crippen molar-refractivity contribution in [2.75, 3.05) is 38.1 Å². The zero-order valence-corrected chi connectivity index (χ0v) is 11.1. The first-order valence-electron chi connectivity index (χ1n) is 6.92. The molecule has 5 heteroatoms. The molecule has 2 heterocycles. The van der Waals surface area contributed by atoms with Gasteiger partial charge in [0.25, 0.3) is 6.01 Å². The first kappa shape index (κ1) is 12.0. The van der Waals surface area contributed by atoms with Crippen molar-refractivity contribution in [1.29, 1.82) is 0 Å². The van der Waals surface area contributed by atoms with Gasteiger partial charge in [-0.15, -0.1) is 0 Å². The molecule has 0 atom stereocenters. The Balaban J connectivity index is 1.57. The van der Waals surface area contributed by atoms with Gasteiger partial charge in [-0.05, 0) is 32.9 Å². The van der Waals surface area contributed by atoms with Crippen LogP contribution in [0.15, 0.2) is 10.7 Å². The van der Waals surface area contributed by atoms with Gasteiger partial charge in [-0.1, -0.05) is 0 Å². The quantitative estimate of drug-likeness (QED) is 0.866. The van der Waals surface area contributed by atoms with Crippen LogP contribution in [0.2, 0.25) is 0 Å². The van der Waals surface area contributed by atoms with Crippen LogP contribution in [0.5, 0.6) is 0 Å². The van der Waals surface area contributed by atoms with Crippen LogP contribution in [0, 0.1) is 0 Å².